The molecule has 0 saturated heterocycles. The molecule has 0 atom stereocenters. The smallest absolute Gasteiger partial charge is 0.381 e. The van der Waals surface area contributed by atoms with Crippen LogP contribution in [0.15, 0.2) is 66.7 Å². The van der Waals surface area contributed by atoms with Crippen molar-refractivity contribution < 1.29 is 19.3 Å². The highest BCUT2D eigenvalue weighted by atomic mass is 17.2. The second kappa shape index (κ2) is 6.43. The van der Waals surface area contributed by atoms with E-state index >= 15 is 0 Å². The van der Waals surface area contributed by atoms with Crippen LogP contribution in [-0.2, 0) is 9.68 Å². The van der Waals surface area contributed by atoms with Gasteiger partial charge in [0.2, 0.25) is 5.75 Å². The summed E-state index contributed by atoms with van der Waals surface area (Å²) in [6, 6.07) is 16.2. The van der Waals surface area contributed by atoms with Gasteiger partial charge in [-0.2, -0.15) is 0 Å². The van der Waals surface area contributed by atoms with Crippen LogP contribution in [-0.4, -0.2) is 5.97 Å². The topological polar surface area (TPSA) is 44.8 Å². The molecule has 0 aliphatic rings. The van der Waals surface area contributed by atoms with Gasteiger partial charge >= 0.3 is 5.97 Å². The number of hydrogen-bond donors (Lipinski definition) is 0. The minimum absolute atomic E-state index is 0.256. The van der Waals surface area contributed by atoms with Crippen molar-refractivity contribution in [2.24, 2.45) is 0 Å². The fourth-order valence-electron chi connectivity index (χ4n) is 1.37. The van der Waals surface area contributed by atoms with Gasteiger partial charge in [-0.15, -0.1) is 0 Å². The molecule has 4 heteroatoms. The zero-order valence-corrected chi connectivity index (χ0v) is 11.0. The molecule has 0 aliphatic carbocycles. The van der Waals surface area contributed by atoms with Crippen LogP contribution >= 0.6 is 0 Å². The second-order valence-electron chi connectivity index (χ2n) is 4.10. The van der Waals surface area contributed by atoms with Crippen molar-refractivity contribution >= 4 is 5.97 Å². The summed E-state index contributed by atoms with van der Waals surface area (Å²) in [5.41, 5.74) is 0.256. The molecule has 2 aromatic carbocycles. The quantitative estimate of drug-likeness (QED) is 0.469. The van der Waals surface area contributed by atoms with Crippen LogP contribution in [0.4, 0.5) is 0 Å². The van der Waals surface area contributed by atoms with E-state index < -0.39 is 5.97 Å². The number of carbonyl (C=O) groups is 1. The molecule has 20 heavy (non-hydrogen) atoms. The first-order valence-electron chi connectivity index (χ1n) is 6.03. The molecule has 0 saturated carbocycles. The SMILES string of the molecule is C=C(C)C(=O)OOc1ccccc1Oc1ccccc1. The molecule has 0 radical (unpaired) electrons. The first-order chi connectivity index (χ1) is 9.66. The number of benzene rings is 2. The highest BCUT2D eigenvalue weighted by Gasteiger charge is 2.10. The van der Waals surface area contributed by atoms with Gasteiger partial charge in [-0.25, -0.2) is 9.68 Å². The van der Waals surface area contributed by atoms with Gasteiger partial charge in [-0.05, 0) is 31.2 Å². The zero-order valence-electron chi connectivity index (χ0n) is 11.0. The fourth-order valence-corrected chi connectivity index (χ4v) is 1.37. The van der Waals surface area contributed by atoms with E-state index in [1.54, 1.807) is 24.3 Å². The summed E-state index contributed by atoms with van der Waals surface area (Å²) in [4.78, 5) is 20.9. The molecule has 0 aromatic heterocycles. The Balaban J connectivity index is 2.10. The standard InChI is InChI=1S/C16H14O4/c1-12(2)16(17)20-19-15-11-7-6-10-14(15)18-13-8-4-3-5-9-13/h3-11H,1H2,2H3. The summed E-state index contributed by atoms with van der Waals surface area (Å²) in [6.07, 6.45) is 0. The van der Waals surface area contributed by atoms with Gasteiger partial charge in [-0.3, -0.25) is 4.89 Å². The van der Waals surface area contributed by atoms with Gasteiger partial charge in [-0.1, -0.05) is 36.9 Å². The van der Waals surface area contributed by atoms with Gasteiger partial charge in [0, 0.05) is 5.57 Å². The molecule has 0 spiro atoms. The molecule has 2 aromatic rings. The minimum Gasteiger partial charge on any atom is -0.453 e. The summed E-state index contributed by atoms with van der Waals surface area (Å²) >= 11 is 0. The Bertz CT molecular complexity index is 605. The number of hydrogen-bond acceptors (Lipinski definition) is 4. The van der Waals surface area contributed by atoms with E-state index in [2.05, 4.69) is 11.5 Å². The van der Waals surface area contributed by atoms with Crippen molar-refractivity contribution in [3.8, 4) is 17.2 Å². The molecule has 0 aliphatic heterocycles. The van der Waals surface area contributed by atoms with Crippen LogP contribution in [0.1, 0.15) is 6.92 Å². The highest BCUT2D eigenvalue weighted by Crippen LogP contribution is 2.31. The lowest BCUT2D eigenvalue weighted by atomic mass is 10.3. The number of carbonyl (C=O) groups excluding carboxylic acids is 1. The van der Waals surface area contributed by atoms with Crippen LogP contribution < -0.4 is 9.62 Å². The lowest BCUT2D eigenvalue weighted by Gasteiger charge is -2.10. The molecule has 0 N–H and O–H groups in total. The maximum absolute atomic E-state index is 11.3. The Morgan fingerprint density at radius 1 is 0.950 bits per heavy atom. The van der Waals surface area contributed by atoms with Gasteiger partial charge in [0.05, 0.1) is 0 Å². The number of para-hydroxylation sites is 3. The lowest BCUT2D eigenvalue weighted by molar-refractivity contribution is -0.208. The third-order valence-corrected chi connectivity index (χ3v) is 2.38. The summed E-state index contributed by atoms with van der Waals surface area (Å²) in [5, 5.41) is 0. The first kappa shape index (κ1) is 13.7. The monoisotopic (exact) mass is 270 g/mol. The Morgan fingerprint density at radius 2 is 1.55 bits per heavy atom. The molecule has 0 fully saturated rings. The molecule has 0 unspecified atom stereocenters. The van der Waals surface area contributed by atoms with Gasteiger partial charge in [0.1, 0.15) is 5.75 Å². The average molecular weight is 270 g/mol. The van der Waals surface area contributed by atoms with Crippen LogP contribution in [0, 0.1) is 0 Å². The first-order valence-corrected chi connectivity index (χ1v) is 6.03. The van der Waals surface area contributed by atoms with E-state index in [0.29, 0.717) is 17.2 Å². The molecule has 0 amide bonds. The summed E-state index contributed by atoms with van der Waals surface area (Å²) in [5.74, 6) is 0.800. The summed E-state index contributed by atoms with van der Waals surface area (Å²) in [6.45, 7) is 5.01. The van der Waals surface area contributed by atoms with Crippen LogP contribution in [0.3, 0.4) is 0 Å². The average Bonchev–Trinajstić information content (AvgIpc) is 2.47. The van der Waals surface area contributed by atoms with Gasteiger partial charge in [0.15, 0.2) is 5.75 Å². The van der Waals surface area contributed by atoms with E-state index in [1.807, 2.05) is 30.3 Å². The van der Waals surface area contributed by atoms with Crippen LogP contribution in [0.5, 0.6) is 17.2 Å². The van der Waals surface area contributed by atoms with E-state index in [0.717, 1.165) is 0 Å². The van der Waals surface area contributed by atoms with Crippen molar-refractivity contribution in [1.29, 1.82) is 0 Å². The number of ether oxygens (including phenoxy) is 1. The van der Waals surface area contributed by atoms with Crippen molar-refractivity contribution in [3.63, 3.8) is 0 Å². The van der Waals surface area contributed by atoms with Gasteiger partial charge in [0.25, 0.3) is 0 Å². The van der Waals surface area contributed by atoms with Crippen molar-refractivity contribution in [3.05, 3.63) is 66.7 Å². The third kappa shape index (κ3) is 3.62. The van der Waals surface area contributed by atoms with E-state index in [9.17, 15) is 4.79 Å². The Labute approximate surface area is 117 Å². The number of rotatable bonds is 5. The van der Waals surface area contributed by atoms with Gasteiger partial charge < -0.3 is 4.74 Å². The largest absolute Gasteiger partial charge is 0.453 e. The molecule has 102 valence electrons. The second-order valence-corrected chi connectivity index (χ2v) is 4.10. The fraction of sp³-hybridized carbons (Fsp3) is 0.0625. The van der Waals surface area contributed by atoms with Crippen molar-refractivity contribution in [2.75, 3.05) is 0 Å². The van der Waals surface area contributed by atoms with Crippen molar-refractivity contribution in [1.82, 2.24) is 0 Å². The molecular formula is C16H14O4. The highest BCUT2D eigenvalue weighted by molar-refractivity contribution is 5.86. The summed E-state index contributed by atoms with van der Waals surface area (Å²) < 4.78 is 5.66. The van der Waals surface area contributed by atoms with E-state index in [1.165, 1.54) is 6.92 Å². The van der Waals surface area contributed by atoms with Crippen molar-refractivity contribution in [2.45, 2.75) is 6.92 Å². The maximum atomic E-state index is 11.3. The van der Waals surface area contributed by atoms with E-state index in [-0.39, 0.29) is 5.57 Å². The third-order valence-electron chi connectivity index (χ3n) is 2.38. The molecule has 0 bridgehead atoms. The molecule has 2 rings (SSSR count). The van der Waals surface area contributed by atoms with Crippen LogP contribution in [0.25, 0.3) is 0 Å². The maximum Gasteiger partial charge on any atom is 0.381 e. The Hall–Kier alpha value is -2.75. The van der Waals surface area contributed by atoms with Crippen LogP contribution in [0.2, 0.25) is 0 Å². The zero-order chi connectivity index (χ0) is 14.4. The minimum atomic E-state index is -0.625. The lowest BCUT2D eigenvalue weighted by Crippen LogP contribution is -2.08. The summed E-state index contributed by atoms with van der Waals surface area (Å²) in [7, 11) is 0. The Morgan fingerprint density at radius 3 is 2.20 bits per heavy atom. The predicted octanol–water partition coefficient (Wildman–Crippen LogP) is 3.89. The predicted molar refractivity (Wildman–Crippen MR) is 74.5 cm³/mol. The molecule has 4 nitrogen and oxygen atoms in total. The Kier molecular flexibility index (Phi) is 4.39. The molecular weight excluding hydrogens is 256 g/mol. The van der Waals surface area contributed by atoms with E-state index in [4.69, 9.17) is 9.62 Å². The normalized spacial score (nSPS) is 9.65. The molecule has 0 heterocycles.